The van der Waals surface area contributed by atoms with Crippen LogP contribution in [0.3, 0.4) is 0 Å². The minimum Gasteiger partial charge on any atom is -0.379 e. The molecule has 24 heavy (non-hydrogen) atoms. The summed E-state index contributed by atoms with van der Waals surface area (Å²) in [6, 6.07) is 11.4. The van der Waals surface area contributed by atoms with Crippen LogP contribution in [0.4, 0.5) is 0 Å². The third-order valence-electron chi connectivity index (χ3n) is 5.37. The molecular formula is C20H25N3O. The highest BCUT2D eigenvalue weighted by molar-refractivity contribution is 5.75. The number of hydrogen-bond donors (Lipinski definition) is 0. The summed E-state index contributed by atoms with van der Waals surface area (Å²) in [5.74, 6) is 0. The van der Waals surface area contributed by atoms with Crippen molar-refractivity contribution in [2.24, 2.45) is 7.05 Å². The smallest absolute Gasteiger partial charge is 0.102 e. The third kappa shape index (κ3) is 2.86. The molecule has 1 atom stereocenters. The lowest BCUT2D eigenvalue weighted by atomic mass is 9.98. The van der Waals surface area contributed by atoms with Crippen molar-refractivity contribution in [3.8, 4) is 17.2 Å². The van der Waals surface area contributed by atoms with Crippen molar-refractivity contribution in [3.63, 3.8) is 0 Å². The average Bonchev–Trinajstić information content (AvgIpc) is 2.85. The summed E-state index contributed by atoms with van der Waals surface area (Å²) in [5, 5.41) is 9.53. The third-order valence-corrected chi connectivity index (χ3v) is 5.37. The quantitative estimate of drug-likeness (QED) is 0.867. The number of aromatic nitrogens is 1. The Morgan fingerprint density at radius 3 is 2.29 bits per heavy atom. The van der Waals surface area contributed by atoms with Gasteiger partial charge in [-0.15, -0.1) is 0 Å². The molecule has 0 saturated carbocycles. The Morgan fingerprint density at radius 1 is 1.08 bits per heavy atom. The van der Waals surface area contributed by atoms with E-state index in [1.165, 1.54) is 5.56 Å². The number of nitriles is 1. The Kier molecular flexibility index (Phi) is 4.75. The zero-order valence-electron chi connectivity index (χ0n) is 15.0. The molecular weight excluding hydrogens is 298 g/mol. The fraction of sp³-hybridized carbons (Fsp3) is 0.450. The number of rotatable bonds is 3. The summed E-state index contributed by atoms with van der Waals surface area (Å²) in [6.07, 6.45) is 0. The summed E-state index contributed by atoms with van der Waals surface area (Å²) in [6.45, 7) is 9.93. The van der Waals surface area contributed by atoms with Gasteiger partial charge in [0.1, 0.15) is 6.07 Å². The normalized spacial score (nSPS) is 16.8. The summed E-state index contributed by atoms with van der Waals surface area (Å²) in [5.41, 5.74) is 6.43. The molecule has 1 aliphatic rings. The van der Waals surface area contributed by atoms with Gasteiger partial charge < -0.3 is 9.30 Å². The molecule has 4 nitrogen and oxygen atoms in total. The van der Waals surface area contributed by atoms with Crippen molar-refractivity contribution >= 4 is 0 Å². The van der Waals surface area contributed by atoms with Crippen molar-refractivity contribution in [2.45, 2.75) is 26.8 Å². The lowest BCUT2D eigenvalue weighted by molar-refractivity contribution is 0.0198. The van der Waals surface area contributed by atoms with Crippen LogP contribution in [0, 0.1) is 25.2 Å². The molecule has 3 rings (SSSR count). The molecule has 0 bridgehead atoms. The SMILES string of the molecule is Cc1c(C#N)c(-c2ccc([C@@H](C)N3CCOCC3)cc2)c(C)n1C. The monoisotopic (exact) mass is 323 g/mol. The highest BCUT2D eigenvalue weighted by atomic mass is 16.5. The summed E-state index contributed by atoms with van der Waals surface area (Å²) < 4.78 is 7.54. The largest absolute Gasteiger partial charge is 0.379 e. The van der Waals surface area contributed by atoms with Crippen LogP contribution in [-0.4, -0.2) is 35.8 Å². The fourth-order valence-corrected chi connectivity index (χ4v) is 3.54. The second kappa shape index (κ2) is 6.80. The number of ether oxygens (including phenoxy) is 1. The van der Waals surface area contributed by atoms with E-state index in [9.17, 15) is 5.26 Å². The van der Waals surface area contributed by atoms with E-state index in [1.807, 2.05) is 14.0 Å². The van der Waals surface area contributed by atoms with E-state index in [-0.39, 0.29) is 0 Å². The first kappa shape index (κ1) is 16.8. The summed E-state index contributed by atoms with van der Waals surface area (Å²) in [7, 11) is 2.02. The van der Waals surface area contributed by atoms with Gasteiger partial charge in [-0.3, -0.25) is 4.90 Å². The number of nitrogens with zero attached hydrogens (tertiary/aromatic N) is 3. The Balaban J connectivity index is 1.90. The van der Waals surface area contributed by atoms with E-state index >= 15 is 0 Å². The van der Waals surface area contributed by atoms with E-state index in [1.54, 1.807) is 0 Å². The second-order valence-electron chi connectivity index (χ2n) is 6.54. The molecule has 0 spiro atoms. The molecule has 1 aliphatic heterocycles. The molecule has 0 unspecified atom stereocenters. The molecule has 0 amide bonds. The number of benzene rings is 1. The van der Waals surface area contributed by atoms with Crippen LogP contribution < -0.4 is 0 Å². The van der Waals surface area contributed by atoms with E-state index in [0.717, 1.165) is 54.4 Å². The van der Waals surface area contributed by atoms with Gasteiger partial charge in [0, 0.05) is 43.1 Å². The van der Waals surface area contributed by atoms with Gasteiger partial charge in [-0.05, 0) is 31.9 Å². The van der Waals surface area contributed by atoms with Gasteiger partial charge >= 0.3 is 0 Å². The topological polar surface area (TPSA) is 41.2 Å². The highest BCUT2D eigenvalue weighted by Crippen LogP contribution is 2.32. The minimum absolute atomic E-state index is 0.386. The Labute approximate surface area is 144 Å². The van der Waals surface area contributed by atoms with Gasteiger partial charge in [-0.1, -0.05) is 24.3 Å². The Morgan fingerprint density at radius 2 is 1.71 bits per heavy atom. The lowest BCUT2D eigenvalue weighted by Crippen LogP contribution is -2.37. The van der Waals surface area contributed by atoms with Crippen LogP contribution in [0.15, 0.2) is 24.3 Å². The van der Waals surface area contributed by atoms with E-state index in [2.05, 4.69) is 53.6 Å². The maximum atomic E-state index is 9.53. The molecule has 0 aliphatic carbocycles. The molecule has 1 saturated heterocycles. The second-order valence-corrected chi connectivity index (χ2v) is 6.54. The van der Waals surface area contributed by atoms with Crippen molar-refractivity contribution < 1.29 is 4.74 Å². The average molecular weight is 323 g/mol. The van der Waals surface area contributed by atoms with E-state index in [4.69, 9.17) is 4.74 Å². The summed E-state index contributed by atoms with van der Waals surface area (Å²) in [4.78, 5) is 2.46. The molecule has 126 valence electrons. The van der Waals surface area contributed by atoms with Crippen molar-refractivity contribution in [1.29, 1.82) is 5.26 Å². The minimum atomic E-state index is 0.386. The van der Waals surface area contributed by atoms with Gasteiger partial charge in [0.25, 0.3) is 0 Å². The van der Waals surface area contributed by atoms with Crippen LogP contribution in [0.1, 0.15) is 35.5 Å². The molecule has 0 radical (unpaired) electrons. The first-order valence-electron chi connectivity index (χ1n) is 8.52. The van der Waals surface area contributed by atoms with Gasteiger partial charge in [-0.2, -0.15) is 5.26 Å². The van der Waals surface area contributed by atoms with Gasteiger partial charge in [0.2, 0.25) is 0 Å². The number of hydrogen-bond acceptors (Lipinski definition) is 3. The maximum Gasteiger partial charge on any atom is 0.102 e. The zero-order chi connectivity index (χ0) is 17.3. The maximum absolute atomic E-state index is 9.53. The predicted molar refractivity (Wildman–Crippen MR) is 95.8 cm³/mol. The Bertz CT molecular complexity index is 762. The first-order valence-corrected chi connectivity index (χ1v) is 8.52. The van der Waals surface area contributed by atoms with E-state index < -0.39 is 0 Å². The predicted octanol–water partition coefficient (Wildman–Crippen LogP) is 3.57. The van der Waals surface area contributed by atoms with Crippen molar-refractivity contribution in [2.75, 3.05) is 26.3 Å². The van der Waals surface area contributed by atoms with Crippen molar-refractivity contribution in [3.05, 3.63) is 46.8 Å². The summed E-state index contributed by atoms with van der Waals surface area (Å²) >= 11 is 0. The number of morpholine rings is 1. The van der Waals surface area contributed by atoms with Crippen molar-refractivity contribution in [1.82, 2.24) is 9.47 Å². The van der Waals surface area contributed by atoms with Gasteiger partial charge in [0.15, 0.2) is 0 Å². The molecule has 2 heterocycles. The molecule has 1 aromatic heterocycles. The van der Waals surface area contributed by atoms with Crippen LogP contribution in [0.25, 0.3) is 11.1 Å². The highest BCUT2D eigenvalue weighted by Gasteiger charge is 2.20. The lowest BCUT2D eigenvalue weighted by Gasteiger charge is -2.32. The first-order chi connectivity index (χ1) is 11.5. The van der Waals surface area contributed by atoms with Gasteiger partial charge in [-0.25, -0.2) is 0 Å². The van der Waals surface area contributed by atoms with Crippen LogP contribution in [0.2, 0.25) is 0 Å². The molecule has 1 fully saturated rings. The standard InChI is InChI=1S/C20H25N3O/c1-14(23-9-11-24-12-10-23)17-5-7-18(8-6-17)20-16(3)22(4)15(2)19(20)13-21/h5-8,14H,9-12H2,1-4H3/t14-/m1/s1. The molecule has 0 N–H and O–H groups in total. The fourth-order valence-electron chi connectivity index (χ4n) is 3.54. The van der Waals surface area contributed by atoms with Crippen LogP contribution in [0.5, 0.6) is 0 Å². The molecule has 1 aromatic carbocycles. The molecule has 4 heteroatoms. The van der Waals surface area contributed by atoms with Crippen LogP contribution >= 0.6 is 0 Å². The molecule has 2 aromatic rings. The van der Waals surface area contributed by atoms with Gasteiger partial charge in [0.05, 0.1) is 18.8 Å². The zero-order valence-corrected chi connectivity index (χ0v) is 15.0. The van der Waals surface area contributed by atoms with E-state index in [0.29, 0.717) is 6.04 Å². The Hall–Kier alpha value is -2.09. The van der Waals surface area contributed by atoms with Crippen LogP contribution in [-0.2, 0) is 11.8 Å².